The number of aromatic nitrogens is 2. The summed E-state index contributed by atoms with van der Waals surface area (Å²) >= 11 is 0. The smallest absolute Gasteiger partial charge is 0.306 e. The van der Waals surface area contributed by atoms with E-state index in [9.17, 15) is 9.90 Å². The summed E-state index contributed by atoms with van der Waals surface area (Å²) in [5.74, 6) is -0.858. The van der Waals surface area contributed by atoms with Crippen LogP contribution in [0, 0.1) is 5.92 Å². The SMILES string of the molecule is O=C(c1c([O-])on[n+]1-c1ccccc1)C1CC1. The molecule has 0 N–H and O–H groups in total. The molecule has 17 heavy (non-hydrogen) atoms. The maximum absolute atomic E-state index is 12.0. The first-order valence-corrected chi connectivity index (χ1v) is 5.46. The summed E-state index contributed by atoms with van der Waals surface area (Å²) in [4.78, 5) is 12.0. The van der Waals surface area contributed by atoms with E-state index in [4.69, 9.17) is 0 Å². The van der Waals surface area contributed by atoms with Gasteiger partial charge in [-0.2, -0.15) is 0 Å². The first-order valence-electron chi connectivity index (χ1n) is 5.46. The molecule has 1 saturated carbocycles. The summed E-state index contributed by atoms with van der Waals surface area (Å²) in [6.07, 6.45) is 1.69. The number of hydrogen-bond donors (Lipinski definition) is 0. The van der Waals surface area contributed by atoms with Gasteiger partial charge in [-0.25, -0.2) is 0 Å². The molecule has 1 aliphatic rings. The zero-order valence-electron chi connectivity index (χ0n) is 9.00. The molecule has 86 valence electrons. The summed E-state index contributed by atoms with van der Waals surface area (Å²) in [6, 6.07) is 9.02. The van der Waals surface area contributed by atoms with Crippen molar-refractivity contribution in [1.29, 1.82) is 0 Å². The van der Waals surface area contributed by atoms with Crippen LogP contribution in [0.2, 0.25) is 0 Å². The minimum absolute atomic E-state index is 0.0266. The molecule has 5 nitrogen and oxygen atoms in total. The summed E-state index contributed by atoms with van der Waals surface area (Å²) in [7, 11) is 0. The Hall–Kier alpha value is -2.17. The lowest BCUT2D eigenvalue weighted by Gasteiger charge is -1.95. The Morgan fingerprint density at radius 3 is 2.71 bits per heavy atom. The van der Waals surface area contributed by atoms with Gasteiger partial charge in [0.1, 0.15) is 0 Å². The summed E-state index contributed by atoms with van der Waals surface area (Å²) in [5.41, 5.74) is 0.682. The number of rotatable bonds is 3. The third-order valence-corrected chi connectivity index (χ3v) is 2.79. The fraction of sp³-hybridized carbons (Fsp3) is 0.250. The van der Waals surface area contributed by atoms with Gasteiger partial charge in [0, 0.05) is 18.1 Å². The predicted molar refractivity (Wildman–Crippen MR) is 54.5 cm³/mol. The third kappa shape index (κ3) is 1.69. The van der Waals surface area contributed by atoms with E-state index in [1.54, 1.807) is 12.1 Å². The normalized spacial score (nSPS) is 14.8. The van der Waals surface area contributed by atoms with Crippen molar-refractivity contribution in [1.82, 2.24) is 5.27 Å². The molecule has 1 fully saturated rings. The fourth-order valence-electron chi connectivity index (χ4n) is 1.74. The largest absolute Gasteiger partial charge is 0.539 e. The van der Waals surface area contributed by atoms with Crippen molar-refractivity contribution in [3.8, 4) is 11.6 Å². The van der Waals surface area contributed by atoms with Crippen molar-refractivity contribution in [3.05, 3.63) is 36.0 Å². The minimum atomic E-state index is -0.661. The Morgan fingerprint density at radius 1 is 1.35 bits per heavy atom. The zero-order valence-corrected chi connectivity index (χ0v) is 9.00. The molecule has 1 aromatic heterocycles. The number of Topliss-reactive ketones (excluding diaryl/α,β-unsaturated/α-hetero) is 1. The molecule has 3 rings (SSSR count). The van der Waals surface area contributed by atoms with Crippen LogP contribution in [-0.4, -0.2) is 11.1 Å². The Labute approximate surface area is 97.3 Å². The summed E-state index contributed by atoms with van der Waals surface area (Å²) in [5, 5.41) is 15.1. The van der Waals surface area contributed by atoms with E-state index in [1.165, 1.54) is 4.68 Å². The van der Waals surface area contributed by atoms with E-state index in [0.717, 1.165) is 12.8 Å². The number of hydrogen-bond acceptors (Lipinski definition) is 4. The molecular weight excluding hydrogens is 220 g/mol. The zero-order chi connectivity index (χ0) is 11.8. The molecule has 2 aromatic rings. The molecule has 0 aliphatic heterocycles. The third-order valence-electron chi connectivity index (χ3n) is 2.79. The van der Waals surface area contributed by atoms with Crippen LogP contribution >= 0.6 is 0 Å². The molecule has 1 aliphatic carbocycles. The van der Waals surface area contributed by atoms with Crippen molar-refractivity contribution in [2.45, 2.75) is 12.8 Å². The monoisotopic (exact) mass is 230 g/mol. The maximum atomic E-state index is 12.0. The van der Waals surface area contributed by atoms with E-state index in [0.29, 0.717) is 5.69 Å². The second kappa shape index (κ2) is 3.69. The van der Waals surface area contributed by atoms with E-state index < -0.39 is 5.95 Å². The molecule has 5 heteroatoms. The number of carbonyl (C=O) groups is 1. The molecule has 0 unspecified atom stereocenters. The van der Waals surface area contributed by atoms with Gasteiger partial charge in [0.25, 0.3) is 0 Å². The van der Waals surface area contributed by atoms with Gasteiger partial charge < -0.3 is 9.63 Å². The highest BCUT2D eigenvalue weighted by atomic mass is 16.6. The van der Waals surface area contributed by atoms with E-state index >= 15 is 0 Å². The van der Waals surface area contributed by atoms with E-state index in [2.05, 4.69) is 9.79 Å². The van der Waals surface area contributed by atoms with Gasteiger partial charge in [-0.05, 0) is 17.5 Å². The van der Waals surface area contributed by atoms with Gasteiger partial charge in [0.05, 0.1) is 5.27 Å². The van der Waals surface area contributed by atoms with E-state index in [1.807, 2.05) is 18.2 Å². The van der Waals surface area contributed by atoms with Crippen LogP contribution < -0.4 is 9.79 Å². The number of carbonyl (C=O) groups excluding carboxylic acids is 1. The molecule has 0 radical (unpaired) electrons. The fourth-order valence-corrected chi connectivity index (χ4v) is 1.74. The van der Waals surface area contributed by atoms with Crippen LogP contribution in [-0.2, 0) is 0 Å². The molecule has 0 amide bonds. The lowest BCUT2D eigenvalue weighted by Crippen LogP contribution is -2.39. The standard InChI is InChI=1S/C12H10N2O3/c15-11(8-6-7-8)10-12(16)17-13-14(10)9-4-2-1-3-5-9/h1-5,8H,6-7H2. The van der Waals surface area contributed by atoms with Gasteiger partial charge in [0.2, 0.25) is 11.5 Å². The van der Waals surface area contributed by atoms with Crippen molar-refractivity contribution in [3.63, 3.8) is 0 Å². The molecule has 1 aromatic carbocycles. The average Bonchev–Trinajstić information content (AvgIpc) is 3.13. The molecular formula is C12H10N2O3. The second-order valence-corrected chi connectivity index (χ2v) is 4.09. The Kier molecular flexibility index (Phi) is 2.18. The van der Waals surface area contributed by atoms with Crippen molar-refractivity contribution < 1.29 is 19.1 Å². The van der Waals surface area contributed by atoms with Crippen molar-refractivity contribution in [2.24, 2.45) is 5.92 Å². The van der Waals surface area contributed by atoms with Crippen LogP contribution in [0.25, 0.3) is 5.69 Å². The van der Waals surface area contributed by atoms with Crippen LogP contribution in [0.5, 0.6) is 5.95 Å². The van der Waals surface area contributed by atoms with Gasteiger partial charge in [0.15, 0.2) is 5.95 Å². The van der Waals surface area contributed by atoms with Gasteiger partial charge in [-0.3, -0.25) is 4.79 Å². The quantitative estimate of drug-likeness (QED) is 0.572. The Bertz CT molecular complexity index is 558. The lowest BCUT2D eigenvalue weighted by molar-refractivity contribution is -0.672. The topological polar surface area (TPSA) is 70.0 Å². The van der Waals surface area contributed by atoms with E-state index in [-0.39, 0.29) is 17.4 Å². The lowest BCUT2D eigenvalue weighted by atomic mass is 10.2. The van der Waals surface area contributed by atoms with Crippen molar-refractivity contribution in [2.75, 3.05) is 0 Å². The molecule has 0 saturated heterocycles. The molecule has 0 atom stereocenters. The second-order valence-electron chi connectivity index (χ2n) is 4.09. The van der Waals surface area contributed by atoms with Crippen LogP contribution in [0.3, 0.4) is 0 Å². The minimum Gasteiger partial charge on any atom is -0.539 e. The average molecular weight is 230 g/mol. The highest BCUT2D eigenvalue weighted by Gasteiger charge is 2.38. The highest BCUT2D eigenvalue weighted by Crippen LogP contribution is 2.33. The van der Waals surface area contributed by atoms with Crippen LogP contribution in [0.15, 0.2) is 34.9 Å². The van der Waals surface area contributed by atoms with Gasteiger partial charge in [-0.1, -0.05) is 18.2 Å². The van der Waals surface area contributed by atoms with Crippen LogP contribution in [0.4, 0.5) is 0 Å². The first kappa shape index (κ1) is 10.0. The van der Waals surface area contributed by atoms with Crippen molar-refractivity contribution >= 4 is 5.78 Å². The maximum Gasteiger partial charge on any atom is 0.306 e. The predicted octanol–water partition coefficient (Wildman–Crippen LogP) is 0.618. The number of para-hydroxylation sites is 1. The Morgan fingerprint density at radius 2 is 2.06 bits per heavy atom. The van der Waals surface area contributed by atoms with Crippen LogP contribution in [0.1, 0.15) is 23.3 Å². The number of nitrogens with zero attached hydrogens (tertiary/aromatic N) is 2. The first-order chi connectivity index (χ1) is 8.27. The summed E-state index contributed by atoms with van der Waals surface area (Å²) in [6.45, 7) is 0. The number of benzene rings is 1. The van der Waals surface area contributed by atoms with Gasteiger partial charge >= 0.3 is 5.69 Å². The molecule has 0 spiro atoms. The molecule has 0 bridgehead atoms. The highest BCUT2D eigenvalue weighted by molar-refractivity contribution is 5.97. The van der Waals surface area contributed by atoms with Gasteiger partial charge in [-0.15, -0.1) is 0 Å². The molecule has 1 heterocycles. The Balaban J connectivity index is 2.09. The number of ketones is 1. The summed E-state index contributed by atoms with van der Waals surface area (Å²) < 4.78 is 5.87.